The maximum atomic E-state index is 12.0. The molecule has 94 valence electrons. The van der Waals surface area contributed by atoms with Crippen molar-refractivity contribution in [3.63, 3.8) is 0 Å². The molecule has 0 aromatic carbocycles. The van der Waals surface area contributed by atoms with Gasteiger partial charge in [0.15, 0.2) is 0 Å². The second-order valence-electron chi connectivity index (χ2n) is 5.04. The molecule has 1 fully saturated rings. The largest absolute Gasteiger partial charge is 0.350 e. The average molecular weight is 299 g/mol. The van der Waals surface area contributed by atoms with Crippen LogP contribution in [0, 0.1) is 5.41 Å². The van der Waals surface area contributed by atoms with E-state index >= 15 is 0 Å². The van der Waals surface area contributed by atoms with Crippen molar-refractivity contribution >= 4 is 21.8 Å². The number of halogens is 1. The van der Waals surface area contributed by atoms with E-state index in [4.69, 9.17) is 0 Å². The van der Waals surface area contributed by atoms with Crippen LogP contribution in [-0.4, -0.2) is 17.0 Å². The van der Waals surface area contributed by atoms with Gasteiger partial charge in [-0.15, -0.1) is 0 Å². The van der Waals surface area contributed by atoms with E-state index in [2.05, 4.69) is 28.2 Å². The lowest BCUT2D eigenvalue weighted by Gasteiger charge is -2.41. The Kier molecular flexibility index (Phi) is 3.61. The molecule has 2 rings (SSSR count). The fourth-order valence-electron chi connectivity index (χ4n) is 2.44. The van der Waals surface area contributed by atoms with E-state index in [1.165, 1.54) is 19.3 Å². The molecule has 1 amide bonds. The molecule has 0 unspecified atom stereocenters. The lowest BCUT2D eigenvalue weighted by atomic mass is 9.67. The summed E-state index contributed by atoms with van der Waals surface area (Å²) >= 11 is 3.38. The van der Waals surface area contributed by atoms with E-state index in [0.29, 0.717) is 11.1 Å². The highest BCUT2D eigenvalue weighted by Crippen LogP contribution is 2.43. The van der Waals surface area contributed by atoms with Gasteiger partial charge in [0.2, 0.25) is 0 Å². The van der Waals surface area contributed by atoms with E-state index in [-0.39, 0.29) is 5.91 Å². The maximum absolute atomic E-state index is 12.0. The highest BCUT2D eigenvalue weighted by atomic mass is 79.9. The predicted octanol–water partition coefficient (Wildman–Crippen LogP) is 3.10. The first-order valence-electron chi connectivity index (χ1n) is 6.16. The number of carbonyl (C=O) groups excluding carboxylic acids is 1. The number of nitrogens with one attached hydrogen (secondary N) is 1. The van der Waals surface area contributed by atoms with Crippen molar-refractivity contribution in [2.45, 2.75) is 32.6 Å². The second-order valence-corrected chi connectivity index (χ2v) is 5.96. The molecule has 4 heteroatoms. The third kappa shape index (κ3) is 2.57. The number of rotatable bonds is 4. The molecule has 1 aromatic heterocycles. The first-order chi connectivity index (χ1) is 8.06. The molecule has 0 saturated heterocycles. The van der Waals surface area contributed by atoms with Crippen LogP contribution >= 0.6 is 15.9 Å². The molecule has 0 radical (unpaired) electrons. The SMILES string of the molecule is CCC1(CNC(=O)c2cc(Br)cn2C)CCC1. The first kappa shape index (κ1) is 12.7. The van der Waals surface area contributed by atoms with Crippen LogP contribution in [0.15, 0.2) is 16.7 Å². The van der Waals surface area contributed by atoms with Gasteiger partial charge < -0.3 is 9.88 Å². The summed E-state index contributed by atoms with van der Waals surface area (Å²) in [6.45, 7) is 3.02. The number of aryl methyl sites for hydroxylation is 1. The molecule has 0 atom stereocenters. The maximum Gasteiger partial charge on any atom is 0.267 e. The van der Waals surface area contributed by atoms with E-state index in [1.54, 1.807) is 0 Å². The Labute approximate surface area is 111 Å². The van der Waals surface area contributed by atoms with Gasteiger partial charge in [-0.3, -0.25) is 4.79 Å². The molecule has 0 bridgehead atoms. The molecule has 3 nitrogen and oxygen atoms in total. The van der Waals surface area contributed by atoms with Crippen molar-refractivity contribution in [2.75, 3.05) is 6.54 Å². The summed E-state index contributed by atoms with van der Waals surface area (Å²) in [4.78, 5) is 12.0. The van der Waals surface area contributed by atoms with Crippen LogP contribution in [0.1, 0.15) is 43.1 Å². The molecule has 1 aliphatic rings. The van der Waals surface area contributed by atoms with Gasteiger partial charge in [-0.2, -0.15) is 0 Å². The monoisotopic (exact) mass is 298 g/mol. The van der Waals surface area contributed by atoms with Crippen molar-refractivity contribution in [3.05, 3.63) is 22.4 Å². The second kappa shape index (κ2) is 4.84. The van der Waals surface area contributed by atoms with Crippen LogP contribution in [0.4, 0.5) is 0 Å². The smallest absolute Gasteiger partial charge is 0.267 e. The van der Waals surface area contributed by atoms with Crippen molar-refractivity contribution in [2.24, 2.45) is 12.5 Å². The Bertz CT molecular complexity index is 416. The molecular weight excluding hydrogens is 280 g/mol. The summed E-state index contributed by atoms with van der Waals surface area (Å²) in [7, 11) is 1.89. The van der Waals surface area contributed by atoms with Crippen molar-refractivity contribution < 1.29 is 4.79 Å². The molecular formula is C13H19BrN2O. The summed E-state index contributed by atoms with van der Waals surface area (Å²) in [5.74, 6) is 0.0259. The van der Waals surface area contributed by atoms with Crippen molar-refractivity contribution in [1.82, 2.24) is 9.88 Å². The Balaban J connectivity index is 1.95. The zero-order chi connectivity index (χ0) is 12.5. The van der Waals surface area contributed by atoms with Crippen LogP contribution in [0.5, 0.6) is 0 Å². The topological polar surface area (TPSA) is 34.0 Å². The van der Waals surface area contributed by atoms with Gasteiger partial charge in [0.1, 0.15) is 5.69 Å². The molecule has 1 heterocycles. The van der Waals surface area contributed by atoms with E-state index in [9.17, 15) is 4.79 Å². The fraction of sp³-hybridized carbons (Fsp3) is 0.615. The minimum absolute atomic E-state index is 0.0259. The van der Waals surface area contributed by atoms with Gasteiger partial charge in [-0.1, -0.05) is 13.3 Å². The van der Waals surface area contributed by atoms with Gasteiger partial charge in [-0.25, -0.2) is 0 Å². The highest BCUT2D eigenvalue weighted by molar-refractivity contribution is 9.10. The minimum atomic E-state index is 0.0259. The van der Waals surface area contributed by atoms with Crippen LogP contribution < -0.4 is 5.32 Å². The summed E-state index contributed by atoms with van der Waals surface area (Å²) in [6, 6.07) is 1.86. The summed E-state index contributed by atoms with van der Waals surface area (Å²) in [6.07, 6.45) is 6.86. The Hall–Kier alpha value is -0.770. The molecule has 0 aliphatic heterocycles. The van der Waals surface area contributed by atoms with Gasteiger partial charge >= 0.3 is 0 Å². The number of hydrogen-bond donors (Lipinski definition) is 1. The van der Waals surface area contributed by atoms with Crippen LogP contribution in [0.2, 0.25) is 0 Å². The zero-order valence-corrected chi connectivity index (χ0v) is 12.0. The number of carbonyl (C=O) groups is 1. The Morgan fingerprint density at radius 1 is 1.59 bits per heavy atom. The third-order valence-electron chi connectivity index (χ3n) is 3.99. The molecule has 17 heavy (non-hydrogen) atoms. The predicted molar refractivity (Wildman–Crippen MR) is 72.0 cm³/mol. The van der Waals surface area contributed by atoms with Crippen LogP contribution in [0.25, 0.3) is 0 Å². The summed E-state index contributed by atoms with van der Waals surface area (Å²) in [5.41, 5.74) is 1.08. The normalized spacial score (nSPS) is 17.6. The lowest BCUT2D eigenvalue weighted by molar-refractivity contribution is 0.0842. The van der Waals surface area contributed by atoms with Gasteiger partial charge in [0, 0.05) is 24.3 Å². The van der Waals surface area contributed by atoms with Crippen LogP contribution in [0.3, 0.4) is 0 Å². The zero-order valence-electron chi connectivity index (χ0n) is 10.4. The van der Waals surface area contributed by atoms with Gasteiger partial charge in [0.05, 0.1) is 0 Å². The van der Waals surface area contributed by atoms with Gasteiger partial charge in [-0.05, 0) is 46.7 Å². The number of nitrogens with zero attached hydrogens (tertiary/aromatic N) is 1. The average Bonchev–Trinajstić information content (AvgIpc) is 2.57. The molecule has 1 aromatic rings. The van der Waals surface area contributed by atoms with E-state index in [0.717, 1.165) is 17.4 Å². The molecule has 0 spiro atoms. The number of aromatic nitrogens is 1. The quantitative estimate of drug-likeness (QED) is 0.910. The molecule has 1 N–H and O–H groups in total. The van der Waals surface area contributed by atoms with E-state index in [1.807, 2.05) is 23.9 Å². The summed E-state index contributed by atoms with van der Waals surface area (Å²) in [5, 5.41) is 3.07. The van der Waals surface area contributed by atoms with Crippen LogP contribution in [-0.2, 0) is 7.05 Å². The number of amides is 1. The molecule has 1 aliphatic carbocycles. The molecule has 1 saturated carbocycles. The summed E-state index contributed by atoms with van der Waals surface area (Å²) < 4.78 is 2.79. The lowest BCUT2D eigenvalue weighted by Crippen LogP contribution is -2.42. The van der Waals surface area contributed by atoms with Crippen molar-refractivity contribution in [1.29, 1.82) is 0 Å². The van der Waals surface area contributed by atoms with Gasteiger partial charge in [0.25, 0.3) is 5.91 Å². The van der Waals surface area contributed by atoms with E-state index < -0.39 is 0 Å². The highest BCUT2D eigenvalue weighted by Gasteiger charge is 2.35. The Morgan fingerprint density at radius 2 is 2.29 bits per heavy atom. The standard InChI is InChI=1S/C13H19BrN2O/c1-3-13(5-4-6-13)9-15-12(17)11-7-10(14)8-16(11)2/h7-8H,3-6,9H2,1-2H3,(H,15,17). The minimum Gasteiger partial charge on any atom is -0.350 e. The number of hydrogen-bond acceptors (Lipinski definition) is 1. The Morgan fingerprint density at radius 3 is 2.71 bits per heavy atom. The third-order valence-corrected chi connectivity index (χ3v) is 4.43. The fourth-order valence-corrected chi connectivity index (χ4v) is 2.96. The van der Waals surface area contributed by atoms with Crippen molar-refractivity contribution in [3.8, 4) is 0 Å². The first-order valence-corrected chi connectivity index (χ1v) is 6.96.